The Labute approximate surface area is 51.1 Å². The molecule has 0 saturated carbocycles. The van der Waals surface area contributed by atoms with Crippen molar-refractivity contribution in [2.24, 2.45) is 0 Å². The van der Waals surface area contributed by atoms with E-state index in [1.54, 1.807) is 6.92 Å². The summed E-state index contributed by atoms with van der Waals surface area (Å²) in [5.74, 6) is -0.845. The predicted molar refractivity (Wildman–Crippen MR) is 30.8 cm³/mol. The molecule has 1 N–H and O–H groups in total. The molecule has 0 heterocycles. The van der Waals surface area contributed by atoms with Gasteiger partial charge in [-0.1, -0.05) is 18.7 Å². The van der Waals surface area contributed by atoms with Crippen LogP contribution < -0.4 is 0 Å². The van der Waals surface area contributed by atoms with Crippen molar-refractivity contribution in [3.8, 4) is 0 Å². The van der Waals surface area contributed by atoms with Crippen LogP contribution in [0.5, 0.6) is 0 Å². The lowest BCUT2D eigenvalue weighted by Gasteiger charge is -1.85. The van der Waals surface area contributed by atoms with E-state index in [2.05, 4.69) is 0 Å². The highest BCUT2D eigenvalue weighted by molar-refractivity contribution is 8.15. The molecule has 0 aromatic heterocycles. The van der Waals surface area contributed by atoms with Crippen LogP contribution in [0.1, 0.15) is 6.92 Å². The van der Waals surface area contributed by atoms with Gasteiger partial charge < -0.3 is 5.11 Å². The lowest BCUT2D eigenvalue weighted by molar-refractivity contribution is -0.144. The second-order valence-corrected chi connectivity index (χ2v) is 2.26. The molecule has 0 rings (SSSR count). The molecule has 0 atom stereocenters. The van der Waals surface area contributed by atoms with Crippen LogP contribution >= 0.6 is 11.8 Å². The number of carboxylic acid groups (broad SMARTS) is 1. The second-order valence-electron chi connectivity index (χ2n) is 1.03. The number of carbonyl (C=O) groups is 2. The van der Waals surface area contributed by atoms with E-state index < -0.39 is 11.1 Å². The maximum Gasteiger partial charge on any atom is 0.383 e. The molecule has 0 amide bonds. The highest BCUT2D eigenvalue weighted by Crippen LogP contribution is 1.98. The summed E-state index contributed by atoms with van der Waals surface area (Å²) in [5, 5.41) is 7.16. The highest BCUT2D eigenvalue weighted by atomic mass is 32.2. The van der Waals surface area contributed by atoms with E-state index in [4.69, 9.17) is 5.11 Å². The van der Waals surface area contributed by atoms with Crippen molar-refractivity contribution in [3.05, 3.63) is 0 Å². The van der Waals surface area contributed by atoms with Crippen molar-refractivity contribution >= 4 is 22.8 Å². The summed E-state index contributed by atoms with van der Waals surface area (Å²) in [4.78, 5) is 19.8. The first-order valence-corrected chi connectivity index (χ1v) is 3.07. The molecule has 8 heavy (non-hydrogen) atoms. The fourth-order valence-electron chi connectivity index (χ4n) is 0.193. The molecule has 0 saturated heterocycles. The Balaban J connectivity index is 3.49. The topological polar surface area (TPSA) is 54.4 Å². The summed E-state index contributed by atoms with van der Waals surface area (Å²) < 4.78 is 0. The molecule has 3 nitrogen and oxygen atoms in total. The lowest BCUT2D eigenvalue weighted by Crippen LogP contribution is -2.07. The Hall–Kier alpha value is -0.510. The molecule has 0 unspecified atom stereocenters. The van der Waals surface area contributed by atoms with Gasteiger partial charge in [-0.3, -0.25) is 4.79 Å². The lowest BCUT2D eigenvalue weighted by atomic mass is 10.8. The number of carboxylic acids is 1. The maximum atomic E-state index is 10.1. The molecular weight excluding hydrogens is 128 g/mol. The summed E-state index contributed by atoms with van der Waals surface area (Å²) in [6.45, 7) is 1.73. The number of hydrogen-bond acceptors (Lipinski definition) is 3. The van der Waals surface area contributed by atoms with Crippen molar-refractivity contribution in [1.82, 2.24) is 0 Å². The molecule has 0 bridgehead atoms. The van der Waals surface area contributed by atoms with E-state index in [1.807, 2.05) is 0 Å². The smallest absolute Gasteiger partial charge is 0.383 e. The van der Waals surface area contributed by atoms with Gasteiger partial charge in [-0.15, -0.1) is 0 Å². The van der Waals surface area contributed by atoms with Gasteiger partial charge >= 0.3 is 5.97 Å². The minimum atomic E-state index is -1.36. The normalized spacial score (nSPS) is 8.62. The zero-order chi connectivity index (χ0) is 6.57. The van der Waals surface area contributed by atoms with Gasteiger partial charge in [0.15, 0.2) is 0 Å². The van der Waals surface area contributed by atoms with Crippen LogP contribution in [0.2, 0.25) is 0 Å². The van der Waals surface area contributed by atoms with E-state index in [-0.39, 0.29) is 0 Å². The molecule has 0 aromatic carbocycles. The van der Waals surface area contributed by atoms with Gasteiger partial charge in [0.2, 0.25) is 0 Å². The van der Waals surface area contributed by atoms with E-state index >= 15 is 0 Å². The third-order valence-corrected chi connectivity index (χ3v) is 1.18. The van der Waals surface area contributed by atoms with E-state index in [0.29, 0.717) is 5.75 Å². The van der Waals surface area contributed by atoms with Crippen LogP contribution in [0.3, 0.4) is 0 Å². The highest BCUT2D eigenvalue weighted by Gasteiger charge is 2.08. The third kappa shape index (κ3) is 2.63. The summed E-state index contributed by atoms with van der Waals surface area (Å²) >= 11 is 0.801. The van der Waals surface area contributed by atoms with Crippen LogP contribution in [0, 0.1) is 0 Å². The van der Waals surface area contributed by atoms with Crippen LogP contribution in [-0.2, 0) is 9.59 Å². The molecule has 0 aliphatic carbocycles. The molecule has 0 aromatic rings. The van der Waals surface area contributed by atoms with Crippen molar-refractivity contribution < 1.29 is 14.7 Å². The minimum Gasteiger partial charge on any atom is -0.475 e. The van der Waals surface area contributed by atoms with Crippen LogP contribution in [0.15, 0.2) is 0 Å². The van der Waals surface area contributed by atoms with Crippen LogP contribution in [-0.4, -0.2) is 21.9 Å². The quantitative estimate of drug-likeness (QED) is 0.526. The van der Waals surface area contributed by atoms with Gasteiger partial charge in [-0.25, -0.2) is 4.79 Å². The second kappa shape index (κ2) is 3.49. The Morgan fingerprint density at radius 3 is 2.25 bits per heavy atom. The van der Waals surface area contributed by atoms with Crippen molar-refractivity contribution in [2.45, 2.75) is 6.92 Å². The first kappa shape index (κ1) is 7.49. The Morgan fingerprint density at radius 1 is 1.62 bits per heavy atom. The number of carbonyl (C=O) groups excluding carboxylic acids is 1. The van der Waals surface area contributed by atoms with Gasteiger partial charge in [0.1, 0.15) is 0 Å². The molecular formula is C4H6O3S. The number of hydrogen-bond donors (Lipinski definition) is 1. The van der Waals surface area contributed by atoms with Crippen LogP contribution in [0.25, 0.3) is 0 Å². The molecule has 4 heteroatoms. The zero-order valence-corrected chi connectivity index (χ0v) is 5.20. The summed E-state index contributed by atoms with van der Waals surface area (Å²) in [5.41, 5.74) is 0. The molecule has 46 valence electrons. The number of aliphatic carboxylic acids is 1. The van der Waals surface area contributed by atoms with Gasteiger partial charge in [-0.2, -0.15) is 0 Å². The molecule has 0 radical (unpaired) electrons. The third-order valence-electron chi connectivity index (χ3n) is 0.450. The van der Waals surface area contributed by atoms with E-state index in [9.17, 15) is 9.59 Å². The average Bonchev–Trinajstić information content (AvgIpc) is 1.67. The monoisotopic (exact) mass is 134 g/mol. The summed E-state index contributed by atoms with van der Waals surface area (Å²) in [7, 11) is 0. The molecule has 0 aliphatic rings. The minimum absolute atomic E-state index is 0.519. The van der Waals surface area contributed by atoms with Crippen molar-refractivity contribution in [1.29, 1.82) is 0 Å². The SMILES string of the molecule is CCSC(=O)C(=O)O. The fourth-order valence-corrected chi connectivity index (χ4v) is 0.578. The Bertz CT molecular complexity index is 110. The average molecular weight is 134 g/mol. The zero-order valence-electron chi connectivity index (χ0n) is 4.38. The first-order chi connectivity index (χ1) is 3.68. The van der Waals surface area contributed by atoms with Gasteiger partial charge in [0, 0.05) is 0 Å². The van der Waals surface area contributed by atoms with Crippen LogP contribution in [0.4, 0.5) is 0 Å². The largest absolute Gasteiger partial charge is 0.475 e. The van der Waals surface area contributed by atoms with Crippen molar-refractivity contribution in [2.75, 3.05) is 5.75 Å². The summed E-state index contributed by atoms with van der Waals surface area (Å²) in [6.07, 6.45) is 0. The Morgan fingerprint density at radius 2 is 2.12 bits per heavy atom. The predicted octanol–water partition coefficient (Wildman–Crippen LogP) is 0.351. The van der Waals surface area contributed by atoms with Crippen molar-refractivity contribution in [3.63, 3.8) is 0 Å². The Kier molecular flexibility index (Phi) is 3.26. The molecule has 0 spiro atoms. The maximum absolute atomic E-state index is 10.1. The first-order valence-electron chi connectivity index (χ1n) is 2.08. The fraction of sp³-hybridized carbons (Fsp3) is 0.500. The summed E-state index contributed by atoms with van der Waals surface area (Å²) in [6, 6.07) is 0. The number of thioether (sulfide) groups is 1. The van der Waals surface area contributed by atoms with Gasteiger partial charge in [0.05, 0.1) is 0 Å². The van der Waals surface area contributed by atoms with Gasteiger partial charge in [-0.05, 0) is 5.75 Å². The van der Waals surface area contributed by atoms with E-state index in [0.717, 1.165) is 11.8 Å². The number of rotatable bonds is 1. The molecule has 0 fully saturated rings. The van der Waals surface area contributed by atoms with E-state index in [1.165, 1.54) is 0 Å². The molecule has 0 aliphatic heterocycles. The van der Waals surface area contributed by atoms with Gasteiger partial charge in [0.25, 0.3) is 5.12 Å². The standard InChI is InChI=1S/C4H6O3S/c1-2-8-4(7)3(5)6/h2H2,1H3,(H,5,6).